The molecule has 0 saturated heterocycles. The zero-order chi connectivity index (χ0) is 13.8. The largest absolute Gasteiger partial charge is 0.385 e. The van der Waals surface area contributed by atoms with Crippen LogP contribution < -0.4 is 0 Å². The number of halogens is 3. The van der Waals surface area contributed by atoms with Crippen LogP contribution in [0, 0.1) is 9.39 Å². The maximum absolute atomic E-state index is 13.7. The molecule has 0 N–H and O–H groups in total. The van der Waals surface area contributed by atoms with Crippen LogP contribution in [-0.2, 0) is 17.7 Å². The van der Waals surface area contributed by atoms with Gasteiger partial charge < -0.3 is 9.30 Å². The molecule has 0 aliphatic carbocycles. The normalized spacial score (nSPS) is 11.4. The summed E-state index contributed by atoms with van der Waals surface area (Å²) in [7, 11) is 1.67. The van der Waals surface area contributed by atoms with Crippen molar-refractivity contribution in [2.75, 3.05) is 19.6 Å². The number of fused-ring (bicyclic) bond motifs is 1. The average molecular weight is 397 g/mol. The van der Waals surface area contributed by atoms with E-state index in [1.165, 1.54) is 0 Å². The maximum atomic E-state index is 13.7. The Morgan fingerprint density at radius 1 is 1.47 bits per heavy atom. The molecule has 0 radical (unpaired) electrons. The molecule has 0 atom stereocenters. The van der Waals surface area contributed by atoms with Gasteiger partial charge in [-0.2, -0.15) is 0 Å². The van der Waals surface area contributed by atoms with Gasteiger partial charge in [0.25, 0.3) is 0 Å². The molecule has 1 heterocycles. The summed E-state index contributed by atoms with van der Waals surface area (Å²) in [6, 6.07) is 3.32. The smallest absolute Gasteiger partial charge is 0.138 e. The van der Waals surface area contributed by atoms with Crippen molar-refractivity contribution in [3.05, 3.63) is 27.3 Å². The minimum Gasteiger partial charge on any atom is -0.385 e. The third-order valence-corrected chi connectivity index (χ3v) is 3.93. The Labute approximate surface area is 130 Å². The number of alkyl halides is 1. The summed E-state index contributed by atoms with van der Waals surface area (Å²) in [5.74, 6) is 1.20. The lowest BCUT2D eigenvalue weighted by atomic mass is 10.3. The highest BCUT2D eigenvalue weighted by molar-refractivity contribution is 14.1. The van der Waals surface area contributed by atoms with Gasteiger partial charge in [-0.25, -0.2) is 9.37 Å². The predicted molar refractivity (Wildman–Crippen MR) is 83.3 cm³/mol. The van der Waals surface area contributed by atoms with Crippen molar-refractivity contribution in [1.29, 1.82) is 0 Å². The second-order valence-corrected chi connectivity index (χ2v) is 5.76. The second-order valence-electron chi connectivity index (χ2n) is 4.22. The van der Waals surface area contributed by atoms with E-state index in [-0.39, 0.29) is 5.82 Å². The topological polar surface area (TPSA) is 27.1 Å². The Kier molecular flexibility index (Phi) is 5.41. The predicted octanol–water partition coefficient (Wildman–Crippen LogP) is 3.60. The van der Waals surface area contributed by atoms with Crippen LogP contribution in [0.1, 0.15) is 12.2 Å². The van der Waals surface area contributed by atoms with Crippen LogP contribution in [0.25, 0.3) is 11.0 Å². The van der Waals surface area contributed by atoms with Crippen molar-refractivity contribution in [1.82, 2.24) is 9.55 Å². The molecule has 0 fully saturated rings. The molecule has 104 valence electrons. The van der Waals surface area contributed by atoms with Gasteiger partial charge in [-0.05, 0) is 35.1 Å². The first kappa shape index (κ1) is 15.0. The summed E-state index contributed by atoms with van der Waals surface area (Å²) < 4.78 is 21.4. The molecule has 2 rings (SSSR count). The summed E-state index contributed by atoms with van der Waals surface area (Å²) in [5.41, 5.74) is 1.65. The van der Waals surface area contributed by atoms with Crippen LogP contribution in [0.2, 0.25) is 0 Å². The van der Waals surface area contributed by atoms with Gasteiger partial charge in [0.1, 0.15) is 11.6 Å². The molecule has 0 aliphatic heterocycles. The quantitative estimate of drug-likeness (QED) is 0.424. The van der Waals surface area contributed by atoms with Crippen molar-refractivity contribution in [3.8, 4) is 0 Å². The summed E-state index contributed by atoms with van der Waals surface area (Å²) in [6.07, 6.45) is 1.55. The van der Waals surface area contributed by atoms with Gasteiger partial charge in [-0.15, -0.1) is 11.6 Å². The molecule has 6 heteroatoms. The zero-order valence-corrected chi connectivity index (χ0v) is 13.5. The van der Waals surface area contributed by atoms with Crippen LogP contribution >= 0.6 is 34.2 Å². The number of nitrogens with zero attached hydrogens (tertiary/aromatic N) is 2. The molecule has 0 aliphatic rings. The van der Waals surface area contributed by atoms with Crippen molar-refractivity contribution in [2.24, 2.45) is 0 Å². The fraction of sp³-hybridized carbons (Fsp3) is 0.462. The van der Waals surface area contributed by atoms with Crippen LogP contribution in [-0.4, -0.2) is 29.1 Å². The van der Waals surface area contributed by atoms with Gasteiger partial charge in [-0.3, -0.25) is 0 Å². The number of rotatable bonds is 6. The number of methoxy groups -OCH3 is 1. The summed E-state index contributed by atoms with van der Waals surface area (Å²) in [5, 5.41) is 0. The van der Waals surface area contributed by atoms with Gasteiger partial charge in [0.15, 0.2) is 0 Å². The van der Waals surface area contributed by atoms with Crippen molar-refractivity contribution in [3.63, 3.8) is 0 Å². The van der Waals surface area contributed by atoms with E-state index >= 15 is 0 Å². The van der Waals surface area contributed by atoms with Crippen LogP contribution in [0.4, 0.5) is 4.39 Å². The molecule has 0 amide bonds. The first-order valence-electron chi connectivity index (χ1n) is 6.06. The summed E-state index contributed by atoms with van der Waals surface area (Å²) in [6.45, 7) is 1.43. The maximum Gasteiger partial charge on any atom is 0.138 e. The first-order chi connectivity index (χ1) is 9.17. The van der Waals surface area contributed by atoms with E-state index in [1.54, 1.807) is 19.2 Å². The lowest BCUT2D eigenvalue weighted by Crippen LogP contribution is -2.07. The minimum absolute atomic E-state index is 0.210. The van der Waals surface area contributed by atoms with Gasteiger partial charge >= 0.3 is 0 Å². The van der Waals surface area contributed by atoms with Gasteiger partial charge in [0.05, 0.1) is 14.6 Å². The van der Waals surface area contributed by atoms with E-state index < -0.39 is 0 Å². The second kappa shape index (κ2) is 6.85. The lowest BCUT2D eigenvalue weighted by Gasteiger charge is -2.08. The van der Waals surface area contributed by atoms with Crippen molar-refractivity contribution < 1.29 is 9.13 Å². The average Bonchev–Trinajstić information content (AvgIpc) is 2.69. The molecular weight excluding hydrogens is 382 g/mol. The summed E-state index contributed by atoms with van der Waals surface area (Å²) >= 11 is 7.79. The van der Waals surface area contributed by atoms with Crippen molar-refractivity contribution >= 4 is 45.2 Å². The molecule has 0 spiro atoms. The highest BCUT2D eigenvalue weighted by Crippen LogP contribution is 2.22. The van der Waals surface area contributed by atoms with E-state index in [0.29, 0.717) is 22.5 Å². The number of aromatic nitrogens is 2. The van der Waals surface area contributed by atoms with E-state index in [0.717, 1.165) is 29.8 Å². The molecule has 0 saturated carbocycles. The zero-order valence-electron chi connectivity index (χ0n) is 10.6. The summed E-state index contributed by atoms with van der Waals surface area (Å²) in [4.78, 5) is 4.55. The Morgan fingerprint density at radius 2 is 2.26 bits per heavy atom. The fourth-order valence-corrected chi connectivity index (χ4v) is 2.68. The van der Waals surface area contributed by atoms with E-state index in [1.807, 2.05) is 27.2 Å². The van der Waals surface area contributed by atoms with Gasteiger partial charge in [0.2, 0.25) is 0 Å². The number of hydrogen-bond acceptors (Lipinski definition) is 2. The van der Waals surface area contributed by atoms with E-state index in [9.17, 15) is 4.39 Å². The highest BCUT2D eigenvalue weighted by Gasteiger charge is 2.12. The number of hydrogen-bond donors (Lipinski definition) is 0. The van der Waals surface area contributed by atoms with E-state index in [4.69, 9.17) is 16.3 Å². The standard InChI is InChI=1S/C13H15ClFIN2O/c1-19-6-2-5-18-12-7-9(15)10(16)8-11(12)17-13(18)3-4-14/h7-8H,2-6H2,1H3. The monoisotopic (exact) mass is 396 g/mol. The lowest BCUT2D eigenvalue weighted by molar-refractivity contribution is 0.190. The molecule has 2 aromatic rings. The molecule has 1 aromatic heterocycles. The van der Waals surface area contributed by atoms with Gasteiger partial charge in [0, 0.05) is 38.6 Å². The molecule has 3 nitrogen and oxygen atoms in total. The fourth-order valence-electron chi connectivity index (χ4n) is 2.06. The molecule has 0 bridgehead atoms. The van der Waals surface area contributed by atoms with Crippen LogP contribution in [0.15, 0.2) is 12.1 Å². The number of ether oxygens (including phenoxy) is 1. The first-order valence-corrected chi connectivity index (χ1v) is 7.67. The Balaban J connectivity index is 2.43. The number of imidazole rings is 1. The Morgan fingerprint density at radius 3 is 2.95 bits per heavy atom. The number of benzene rings is 1. The molecule has 1 aromatic carbocycles. The molecule has 19 heavy (non-hydrogen) atoms. The molecule has 0 unspecified atom stereocenters. The third kappa shape index (κ3) is 3.38. The van der Waals surface area contributed by atoms with E-state index in [2.05, 4.69) is 4.98 Å². The SMILES string of the molecule is COCCCn1c(CCCl)nc2cc(I)c(F)cc21. The van der Waals surface area contributed by atoms with Gasteiger partial charge in [-0.1, -0.05) is 0 Å². The van der Waals surface area contributed by atoms with Crippen molar-refractivity contribution in [2.45, 2.75) is 19.4 Å². The van der Waals surface area contributed by atoms with Crippen LogP contribution in [0.3, 0.4) is 0 Å². The Bertz CT molecular complexity index is 573. The number of aryl methyl sites for hydroxylation is 2. The highest BCUT2D eigenvalue weighted by atomic mass is 127. The third-order valence-electron chi connectivity index (χ3n) is 2.92. The minimum atomic E-state index is -0.210. The van der Waals surface area contributed by atoms with Crippen LogP contribution in [0.5, 0.6) is 0 Å². The molecular formula is C13H15ClFIN2O. The Hall–Kier alpha value is -0.400.